The molecule has 4 aromatic rings. The van der Waals surface area contributed by atoms with Gasteiger partial charge >= 0.3 is 0 Å². The summed E-state index contributed by atoms with van der Waals surface area (Å²) in [5.74, 6) is 0. The van der Waals surface area contributed by atoms with E-state index in [0.29, 0.717) is 0 Å². The standard InChI is InChI=1S/C32H39N3O2/c1-21-19-22(7-5-8-23-14-18-34-30-26(23)13-16-32(30,4)37)11-12-28(21)33-17-15-24-20-35-29-25(24)9-6-10-27(29)31(2,3)36/h6,9-12,14,18-20,33,35-37H,5,7-8,13,15-17H2,1-4H3. The number of nitrogens with zero attached hydrogens (tertiary/aromatic N) is 1. The molecule has 0 spiro atoms. The zero-order chi connectivity index (χ0) is 26.2. The smallest absolute Gasteiger partial charge is 0.104 e. The first-order chi connectivity index (χ1) is 17.6. The van der Waals surface area contributed by atoms with Gasteiger partial charge in [0, 0.05) is 35.6 Å². The van der Waals surface area contributed by atoms with Gasteiger partial charge in [-0.1, -0.05) is 30.3 Å². The third-order valence-electron chi connectivity index (χ3n) is 7.90. The van der Waals surface area contributed by atoms with Crippen LogP contribution < -0.4 is 5.32 Å². The van der Waals surface area contributed by atoms with Crippen molar-refractivity contribution in [3.63, 3.8) is 0 Å². The third kappa shape index (κ3) is 5.29. The van der Waals surface area contributed by atoms with Gasteiger partial charge in [0.2, 0.25) is 0 Å². The van der Waals surface area contributed by atoms with Crippen LogP contribution in [-0.4, -0.2) is 26.7 Å². The summed E-state index contributed by atoms with van der Waals surface area (Å²) in [4.78, 5) is 7.84. The Bertz CT molecular complexity index is 1410. The van der Waals surface area contributed by atoms with E-state index >= 15 is 0 Å². The van der Waals surface area contributed by atoms with Gasteiger partial charge in [-0.2, -0.15) is 0 Å². The van der Waals surface area contributed by atoms with Crippen molar-refractivity contribution in [2.75, 3.05) is 11.9 Å². The lowest BCUT2D eigenvalue weighted by Gasteiger charge is -2.18. The summed E-state index contributed by atoms with van der Waals surface area (Å²) in [6.45, 7) is 8.55. The minimum absolute atomic E-state index is 0.766. The SMILES string of the molecule is Cc1cc(CCCc2ccnc3c2CCC3(C)O)ccc1NCCc1c[nH]c2c(C(C)(C)O)cccc12. The van der Waals surface area contributed by atoms with Crippen LogP contribution in [0.4, 0.5) is 5.69 Å². The molecule has 0 bridgehead atoms. The second kappa shape index (κ2) is 9.96. The molecule has 0 amide bonds. The van der Waals surface area contributed by atoms with Gasteiger partial charge < -0.3 is 20.5 Å². The zero-order valence-corrected chi connectivity index (χ0v) is 22.5. The maximum atomic E-state index is 10.6. The largest absolute Gasteiger partial charge is 0.386 e. The second-order valence-corrected chi connectivity index (χ2v) is 11.4. The lowest BCUT2D eigenvalue weighted by molar-refractivity contribution is 0.0553. The highest BCUT2D eigenvalue weighted by molar-refractivity contribution is 5.86. The summed E-state index contributed by atoms with van der Waals surface area (Å²) in [5, 5.41) is 25.8. The highest BCUT2D eigenvalue weighted by atomic mass is 16.3. The van der Waals surface area contributed by atoms with E-state index in [1.165, 1.54) is 38.9 Å². The topological polar surface area (TPSA) is 81.2 Å². The van der Waals surface area contributed by atoms with Crippen LogP contribution in [0, 0.1) is 6.92 Å². The van der Waals surface area contributed by atoms with E-state index in [4.69, 9.17) is 0 Å². The Morgan fingerprint density at radius 2 is 1.92 bits per heavy atom. The van der Waals surface area contributed by atoms with Gasteiger partial charge in [0.05, 0.1) is 16.8 Å². The molecule has 0 radical (unpaired) electrons. The fourth-order valence-corrected chi connectivity index (χ4v) is 5.82. The number of aromatic amines is 1. The molecule has 1 unspecified atom stereocenters. The maximum absolute atomic E-state index is 10.6. The van der Waals surface area contributed by atoms with Crippen molar-refractivity contribution in [1.29, 1.82) is 0 Å². The lowest BCUT2D eigenvalue weighted by Crippen LogP contribution is -2.18. The van der Waals surface area contributed by atoms with E-state index in [9.17, 15) is 10.2 Å². The second-order valence-electron chi connectivity index (χ2n) is 11.4. The first kappa shape index (κ1) is 25.5. The molecule has 37 heavy (non-hydrogen) atoms. The Kier molecular flexibility index (Phi) is 6.86. The number of pyridine rings is 1. The predicted molar refractivity (Wildman–Crippen MR) is 151 cm³/mol. The molecule has 2 heterocycles. The molecule has 5 nitrogen and oxygen atoms in total. The van der Waals surface area contributed by atoms with Crippen molar-refractivity contribution >= 4 is 16.6 Å². The first-order valence-corrected chi connectivity index (χ1v) is 13.5. The van der Waals surface area contributed by atoms with Crippen LogP contribution >= 0.6 is 0 Å². The molecule has 0 aliphatic heterocycles. The Labute approximate surface area is 220 Å². The molecule has 4 N–H and O–H groups in total. The molecule has 2 aromatic carbocycles. The van der Waals surface area contributed by atoms with Crippen molar-refractivity contribution < 1.29 is 10.2 Å². The molecule has 5 rings (SSSR count). The number of rotatable bonds is 9. The van der Waals surface area contributed by atoms with E-state index in [0.717, 1.165) is 61.8 Å². The van der Waals surface area contributed by atoms with Gasteiger partial charge in [-0.25, -0.2) is 0 Å². The van der Waals surface area contributed by atoms with Crippen LogP contribution in [-0.2, 0) is 36.9 Å². The molecule has 194 valence electrons. The summed E-state index contributed by atoms with van der Waals surface area (Å²) in [6, 6.07) is 15.0. The highest BCUT2D eigenvalue weighted by Crippen LogP contribution is 2.37. The summed E-state index contributed by atoms with van der Waals surface area (Å²) in [6.07, 6.45) is 9.63. The number of aliphatic hydroxyl groups is 2. The van der Waals surface area contributed by atoms with Crippen molar-refractivity contribution in [3.05, 3.63) is 93.9 Å². The number of nitrogens with one attached hydrogen (secondary N) is 2. The molecule has 0 saturated carbocycles. The van der Waals surface area contributed by atoms with E-state index in [1.54, 1.807) is 0 Å². The predicted octanol–water partition coefficient (Wildman–Crippen LogP) is 6.08. The normalized spacial score (nSPS) is 17.4. The molecule has 2 aromatic heterocycles. The fourth-order valence-electron chi connectivity index (χ4n) is 5.82. The lowest BCUT2D eigenvalue weighted by atomic mass is 9.95. The van der Waals surface area contributed by atoms with Crippen LogP contribution in [0.15, 0.2) is 54.9 Å². The molecular formula is C32H39N3O2. The van der Waals surface area contributed by atoms with E-state index < -0.39 is 11.2 Å². The van der Waals surface area contributed by atoms with Crippen LogP contribution in [0.2, 0.25) is 0 Å². The van der Waals surface area contributed by atoms with E-state index in [-0.39, 0.29) is 0 Å². The van der Waals surface area contributed by atoms with Gasteiger partial charge in [0.1, 0.15) is 5.60 Å². The van der Waals surface area contributed by atoms with Crippen LogP contribution in [0.5, 0.6) is 0 Å². The number of H-pyrrole nitrogens is 1. The van der Waals surface area contributed by atoms with Crippen molar-refractivity contribution in [1.82, 2.24) is 9.97 Å². The van der Waals surface area contributed by atoms with Crippen LogP contribution in [0.1, 0.15) is 72.7 Å². The van der Waals surface area contributed by atoms with Crippen LogP contribution in [0.3, 0.4) is 0 Å². The third-order valence-corrected chi connectivity index (χ3v) is 7.90. The monoisotopic (exact) mass is 497 g/mol. The Morgan fingerprint density at radius 3 is 2.70 bits per heavy atom. The minimum atomic E-state index is -0.877. The minimum Gasteiger partial charge on any atom is -0.386 e. The van der Waals surface area contributed by atoms with E-state index in [1.807, 2.05) is 39.1 Å². The Balaban J connectivity index is 1.16. The van der Waals surface area contributed by atoms with Gasteiger partial charge in [-0.15, -0.1) is 0 Å². The number of aryl methyl sites for hydroxylation is 3. The number of hydrogen-bond acceptors (Lipinski definition) is 4. The number of fused-ring (bicyclic) bond motifs is 2. The summed E-state index contributed by atoms with van der Waals surface area (Å²) < 4.78 is 0. The average Bonchev–Trinajstić information content (AvgIpc) is 3.40. The summed E-state index contributed by atoms with van der Waals surface area (Å²) >= 11 is 0. The molecule has 1 atom stereocenters. The Morgan fingerprint density at radius 1 is 1.08 bits per heavy atom. The number of benzene rings is 2. The van der Waals surface area contributed by atoms with Gasteiger partial charge in [0.15, 0.2) is 0 Å². The maximum Gasteiger partial charge on any atom is 0.104 e. The number of anilines is 1. The molecule has 1 aliphatic carbocycles. The van der Waals surface area contributed by atoms with Crippen molar-refractivity contribution in [3.8, 4) is 0 Å². The summed E-state index contributed by atoms with van der Waals surface area (Å²) in [5.41, 5.74) is 8.82. The molecule has 0 fully saturated rings. The highest BCUT2D eigenvalue weighted by Gasteiger charge is 2.34. The average molecular weight is 498 g/mol. The fraction of sp³-hybridized carbons (Fsp3) is 0.406. The quantitative estimate of drug-likeness (QED) is 0.226. The van der Waals surface area contributed by atoms with Crippen LogP contribution in [0.25, 0.3) is 10.9 Å². The van der Waals surface area contributed by atoms with E-state index in [2.05, 4.69) is 58.7 Å². The molecule has 1 aliphatic rings. The number of aromatic nitrogens is 2. The zero-order valence-electron chi connectivity index (χ0n) is 22.5. The van der Waals surface area contributed by atoms with Gasteiger partial charge in [-0.05, 0) is 106 Å². The Hall–Kier alpha value is -3.15. The van der Waals surface area contributed by atoms with Crippen molar-refractivity contribution in [2.45, 2.75) is 77.4 Å². The van der Waals surface area contributed by atoms with Gasteiger partial charge in [0.25, 0.3) is 0 Å². The molecule has 0 saturated heterocycles. The summed E-state index contributed by atoms with van der Waals surface area (Å²) in [7, 11) is 0. The van der Waals surface area contributed by atoms with Crippen molar-refractivity contribution in [2.24, 2.45) is 0 Å². The number of para-hydroxylation sites is 1. The molecular weight excluding hydrogens is 458 g/mol. The molecule has 5 heteroatoms. The first-order valence-electron chi connectivity index (χ1n) is 13.5. The van der Waals surface area contributed by atoms with Gasteiger partial charge in [-0.3, -0.25) is 4.98 Å². The number of hydrogen-bond donors (Lipinski definition) is 4.